The lowest BCUT2D eigenvalue weighted by atomic mass is 9.97. The average Bonchev–Trinajstić information content (AvgIpc) is 3.47. The molecule has 1 aromatic heterocycles. The molecule has 9 heteroatoms. The second-order valence-electron chi connectivity index (χ2n) is 10.2. The van der Waals surface area contributed by atoms with E-state index in [9.17, 15) is 14.4 Å². The molecule has 5 heterocycles. The lowest BCUT2D eigenvalue weighted by Crippen LogP contribution is -2.48. The summed E-state index contributed by atoms with van der Waals surface area (Å²) in [6.45, 7) is 5.66. The van der Waals surface area contributed by atoms with Gasteiger partial charge >= 0.3 is 5.69 Å². The zero-order chi connectivity index (χ0) is 22.7. The van der Waals surface area contributed by atoms with Crippen molar-refractivity contribution in [2.24, 2.45) is 13.0 Å². The van der Waals surface area contributed by atoms with Crippen LogP contribution < -0.4 is 21.2 Å². The third-order valence-electron chi connectivity index (χ3n) is 8.23. The third-order valence-corrected chi connectivity index (χ3v) is 8.23. The molecular formula is C24H32N6O3. The Kier molecular flexibility index (Phi) is 5.06. The summed E-state index contributed by atoms with van der Waals surface area (Å²) in [6.07, 6.45) is 4.38. The van der Waals surface area contributed by atoms with E-state index in [-0.39, 0.29) is 18.0 Å². The molecule has 4 aliphatic heterocycles. The highest BCUT2D eigenvalue weighted by Crippen LogP contribution is 2.37. The van der Waals surface area contributed by atoms with E-state index >= 15 is 0 Å². The Morgan fingerprint density at radius 1 is 1.00 bits per heavy atom. The number of nitrogens with zero attached hydrogens (tertiary/aromatic N) is 4. The van der Waals surface area contributed by atoms with Crippen LogP contribution in [0, 0.1) is 5.92 Å². The number of carbonyl (C=O) groups is 2. The van der Waals surface area contributed by atoms with Crippen molar-refractivity contribution >= 4 is 28.5 Å². The van der Waals surface area contributed by atoms with E-state index in [4.69, 9.17) is 0 Å². The normalized spacial score (nSPS) is 28.8. The zero-order valence-electron chi connectivity index (χ0n) is 19.1. The Morgan fingerprint density at radius 3 is 2.55 bits per heavy atom. The molecule has 0 aliphatic carbocycles. The van der Waals surface area contributed by atoms with Crippen molar-refractivity contribution in [2.45, 2.75) is 50.2 Å². The molecule has 2 bridgehead atoms. The minimum atomic E-state index is -0.643. The number of fused-ring (bicyclic) bond motifs is 3. The Hall–Kier alpha value is -2.65. The van der Waals surface area contributed by atoms with E-state index in [1.54, 1.807) is 16.2 Å². The first-order valence-electron chi connectivity index (χ1n) is 12.3. The van der Waals surface area contributed by atoms with Crippen LogP contribution in [0.2, 0.25) is 0 Å². The largest absolute Gasteiger partial charge is 0.366 e. The molecule has 33 heavy (non-hydrogen) atoms. The van der Waals surface area contributed by atoms with E-state index < -0.39 is 11.9 Å². The maximum atomic E-state index is 13.0. The average molecular weight is 453 g/mol. The second-order valence-corrected chi connectivity index (χ2v) is 10.2. The van der Waals surface area contributed by atoms with Gasteiger partial charge in [0.15, 0.2) is 0 Å². The Labute approximate surface area is 192 Å². The van der Waals surface area contributed by atoms with Gasteiger partial charge in [0.25, 0.3) is 0 Å². The zero-order valence-corrected chi connectivity index (χ0v) is 19.1. The van der Waals surface area contributed by atoms with Crippen molar-refractivity contribution in [3.05, 3.63) is 28.7 Å². The van der Waals surface area contributed by atoms with Crippen LogP contribution in [0.1, 0.15) is 38.1 Å². The van der Waals surface area contributed by atoms with Crippen LogP contribution in [-0.2, 0) is 16.6 Å². The smallest absolute Gasteiger partial charge is 0.329 e. The highest BCUT2D eigenvalue weighted by Gasteiger charge is 2.44. The summed E-state index contributed by atoms with van der Waals surface area (Å²) in [5, 5.41) is 5.84. The van der Waals surface area contributed by atoms with Gasteiger partial charge in [0.2, 0.25) is 11.8 Å². The fourth-order valence-corrected chi connectivity index (χ4v) is 6.45. The molecule has 6 rings (SSSR count). The van der Waals surface area contributed by atoms with Gasteiger partial charge < -0.3 is 10.2 Å². The number of hydrogen-bond acceptors (Lipinski definition) is 6. The van der Waals surface area contributed by atoms with Crippen LogP contribution in [0.4, 0.5) is 5.69 Å². The summed E-state index contributed by atoms with van der Waals surface area (Å²) in [6, 6.07) is 6.63. The van der Waals surface area contributed by atoms with Gasteiger partial charge in [-0.1, -0.05) is 0 Å². The highest BCUT2D eigenvalue weighted by atomic mass is 16.2. The first-order chi connectivity index (χ1) is 16.0. The molecule has 2 amide bonds. The Bertz CT molecular complexity index is 1160. The number of rotatable bonds is 4. The lowest BCUT2D eigenvalue weighted by Gasteiger charge is -2.38. The molecule has 4 fully saturated rings. The van der Waals surface area contributed by atoms with Crippen molar-refractivity contribution < 1.29 is 9.59 Å². The molecule has 2 aromatic rings. The van der Waals surface area contributed by atoms with Crippen LogP contribution in [0.5, 0.6) is 0 Å². The van der Waals surface area contributed by atoms with E-state index in [0.29, 0.717) is 18.5 Å². The van der Waals surface area contributed by atoms with Gasteiger partial charge in [-0.3, -0.25) is 28.9 Å². The predicted octanol–water partition coefficient (Wildman–Crippen LogP) is 0.580. The number of carbonyl (C=O) groups excluding carboxylic acids is 2. The first-order valence-corrected chi connectivity index (χ1v) is 12.3. The van der Waals surface area contributed by atoms with Crippen LogP contribution in [0.25, 0.3) is 11.0 Å². The second kappa shape index (κ2) is 7.99. The van der Waals surface area contributed by atoms with Gasteiger partial charge in [-0.25, -0.2) is 4.79 Å². The molecule has 176 valence electrons. The number of piperidine rings is 2. The van der Waals surface area contributed by atoms with Crippen molar-refractivity contribution in [2.75, 3.05) is 37.6 Å². The third kappa shape index (κ3) is 3.49. The highest BCUT2D eigenvalue weighted by molar-refractivity contribution is 6.00. The number of likely N-dealkylation sites (tertiary alicyclic amines) is 1. The molecule has 1 aromatic carbocycles. The van der Waals surface area contributed by atoms with E-state index in [0.717, 1.165) is 48.8 Å². The number of piperazine rings is 1. The van der Waals surface area contributed by atoms with Gasteiger partial charge in [-0.05, 0) is 62.9 Å². The number of aromatic nitrogens is 2. The maximum absolute atomic E-state index is 13.0. The number of aryl methyl sites for hydroxylation is 1. The first kappa shape index (κ1) is 20.9. The summed E-state index contributed by atoms with van der Waals surface area (Å²) in [7, 11) is 1.76. The molecule has 4 saturated heterocycles. The minimum Gasteiger partial charge on any atom is -0.366 e. The topological polar surface area (TPSA) is 91.6 Å². The number of imide groups is 1. The van der Waals surface area contributed by atoms with E-state index in [1.807, 2.05) is 6.07 Å². The summed E-state index contributed by atoms with van der Waals surface area (Å²) >= 11 is 0. The molecule has 2 N–H and O–H groups in total. The summed E-state index contributed by atoms with van der Waals surface area (Å²) < 4.78 is 3.18. The molecule has 1 unspecified atom stereocenters. The lowest BCUT2D eigenvalue weighted by molar-refractivity contribution is -0.135. The van der Waals surface area contributed by atoms with Crippen LogP contribution in [-0.4, -0.2) is 70.7 Å². The molecule has 9 nitrogen and oxygen atoms in total. The van der Waals surface area contributed by atoms with Crippen molar-refractivity contribution in [1.29, 1.82) is 0 Å². The summed E-state index contributed by atoms with van der Waals surface area (Å²) in [5.74, 6) is 0.151. The predicted molar refractivity (Wildman–Crippen MR) is 125 cm³/mol. The standard InChI is InChI=1S/C24H32N6O3/c1-27-21-11-16(2-3-19(21)30(24(27)33)20-4-5-22(31)26-23(20)32)29-14-17-10-18(29)13-28(17)12-15-6-8-25-9-7-15/h2-3,11,15,17-18,20,25H,4-10,12-14H2,1H3,(H,26,31,32)/t17-,18-,20?/m0/s1. The number of imidazole rings is 1. The number of hydrogen-bond donors (Lipinski definition) is 2. The molecule has 4 aliphatic rings. The summed E-state index contributed by atoms with van der Waals surface area (Å²) in [5.41, 5.74) is 2.51. The van der Waals surface area contributed by atoms with Gasteiger partial charge in [0, 0.05) is 50.9 Å². The minimum absolute atomic E-state index is 0.215. The fraction of sp³-hybridized carbons (Fsp3) is 0.625. The Morgan fingerprint density at radius 2 is 1.82 bits per heavy atom. The molecule has 3 atom stereocenters. The van der Waals surface area contributed by atoms with Gasteiger partial charge in [0.05, 0.1) is 11.0 Å². The monoisotopic (exact) mass is 452 g/mol. The van der Waals surface area contributed by atoms with Crippen LogP contribution >= 0.6 is 0 Å². The fourth-order valence-electron chi connectivity index (χ4n) is 6.45. The van der Waals surface area contributed by atoms with Gasteiger partial charge in [0.1, 0.15) is 6.04 Å². The molecular weight excluding hydrogens is 420 g/mol. The van der Waals surface area contributed by atoms with Gasteiger partial charge in [-0.2, -0.15) is 0 Å². The molecule has 0 spiro atoms. The maximum Gasteiger partial charge on any atom is 0.329 e. The number of benzene rings is 1. The van der Waals surface area contributed by atoms with Crippen molar-refractivity contribution in [3.63, 3.8) is 0 Å². The Balaban J connectivity index is 1.23. The number of anilines is 1. The van der Waals surface area contributed by atoms with Crippen LogP contribution in [0.3, 0.4) is 0 Å². The molecule has 0 saturated carbocycles. The van der Waals surface area contributed by atoms with Crippen molar-refractivity contribution in [1.82, 2.24) is 24.7 Å². The quantitative estimate of drug-likeness (QED) is 0.660. The number of nitrogens with one attached hydrogen (secondary N) is 2. The van der Waals surface area contributed by atoms with E-state index in [1.165, 1.54) is 25.8 Å². The summed E-state index contributed by atoms with van der Waals surface area (Å²) in [4.78, 5) is 42.2. The van der Waals surface area contributed by atoms with Crippen molar-refractivity contribution in [3.8, 4) is 0 Å². The van der Waals surface area contributed by atoms with Gasteiger partial charge in [-0.15, -0.1) is 0 Å². The van der Waals surface area contributed by atoms with E-state index in [2.05, 4.69) is 32.6 Å². The number of amides is 2. The SMILES string of the molecule is Cn1c(=O)n(C2CCC(=O)NC2=O)c2ccc(N3C[C@@H]4C[C@H]3CN4CC3CCNCC3)cc21. The molecule has 0 radical (unpaired) electrons. The van der Waals surface area contributed by atoms with Crippen LogP contribution in [0.15, 0.2) is 23.0 Å².